The minimum atomic E-state index is 0.820. The van der Waals surface area contributed by atoms with Crippen molar-refractivity contribution < 1.29 is 0 Å². The fourth-order valence-corrected chi connectivity index (χ4v) is 7.59. The van der Waals surface area contributed by atoms with Crippen molar-refractivity contribution in [2.75, 3.05) is 4.90 Å². The number of nitrogens with zero attached hydrogens (tertiary/aromatic N) is 1. The van der Waals surface area contributed by atoms with Gasteiger partial charge in [0, 0.05) is 28.1 Å². The van der Waals surface area contributed by atoms with Gasteiger partial charge in [-0.2, -0.15) is 0 Å². The second-order valence-corrected chi connectivity index (χ2v) is 11.8. The number of fused-ring (bicyclic) bond motifs is 9. The average Bonchev–Trinajstić information content (AvgIpc) is 3.61. The largest absolute Gasteiger partial charge is 0.310 e. The molecule has 42 heavy (non-hydrogen) atoms. The number of rotatable bonds is 3. The lowest BCUT2D eigenvalue weighted by Crippen LogP contribution is -2.13. The van der Waals surface area contributed by atoms with Gasteiger partial charge in [-0.05, 0) is 91.9 Å². The number of halogens is 1. The Kier molecular flexibility index (Phi) is 5.15. The summed E-state index contributed by atoms with van der Waals surface area (Å²) in [7, 11) is 0. The first-order valence-electron chi connectivity index (χ1n) is 14.6. The lowest BCUT2D eigenvalue weighted by molar-refractivity contribution is 1.20. The van der Waals surface area contributed by atoms with E-state index in [1.165, 1.54) is 83.1 Å². The van der Waals surface area contributed by atoms with Crippen LogP contribution in [0.1, 0.15) is 22.3 Å². The molecule has 2 aliphatic carbocycles. The fourth-order valence-electron chi connectivity index (χ4n) is 7.29. The third-order valence-corrected chi connectivity index (χ3v) is 9.47. The van der Waals surface area contributed by atoms with Crippen molar-refractivity contribution in [3.63, 3.8) is 0 Å². The molecule has 9 rings (SSSR count). The molecule has 0 saturated heterocycles. The van der Waals surface area contributed by atoms with Crippen LogP contribution in [0.15, 0.2) is 133 Å². The van der Waals surface area contributed by atoms with Gasteiger partial charge in [0.05, 0.1) is 11.4 Å². The summed E-state index contributed by atoms with van der Waals surface area (Å²) >= 11 is 6.80. The summed E-state index contributed by atoms with van der Waals surface area (Å²) in [5, 5.41) is 5.84. The fraction of sp³-hybridized carbons (Fsp3) is 0.0500. The molecule has 2 heteroatoms. The van der Waals surface area contributed by atoms with E-state index in [-0.39, 0.29) is 0 Å². The number of hydrogen-bond acceptors (Lipinski definition) is 1. The van der Waals surface area contributed by atoms with Crippen molar-refractivity contribution in [1.82, 2.24) is 0 Å². The van der Waals surface area contributed by atoms with Crippen molar-refractivity contribution in [3.8, 4) is 22.3 Å². The maximum absolute atomic E-state index is 6.80. The van der Waals surface area contributed by atoms with E-state index in [4.69, 9.17) is 11.6 Å². The maximum Gasteiger partial charge on any atom is 0.0546 e. The van der Waals surface area contributed by atoms with Gasteiger partial charge in [-0.15, -0.1) is 0 Å². The van der Waals surface area contributed by atoms with E-state index in [1.54, 1.807) is 0 Å². The summed E-state index contributed by atoms with van der Waals surface area (Å²) in [5.74, 6) is 0. The Hall–Kier alpha value is -4.85. The Morgan fingerprint density at radius 2 is 1.19 bits per heavy atom. The molecule has 0 bridgehead atoms. The van der Waals surface area contributed by atoms with Crippen molar-refractivity contribution in [2.24, 2.45) is 0 Å². The second kappa shape index (κ2) is 9.08. The normalized spacial score (nSPS) is 12.7. The number of benzene rings is 7. The van der Waals surface area contributed by atoms with Gasteiger partial charge < -0.3 is 4.90 Å². The molecule has 0 unspecified atom stereocenters. The van der Waals surface area contributed by atoms with E-state index in [9.17, 15) is 0 Å². The Morgan fingerprint density at radius 3 is 2.12 bits per heavy atom. The molecule has 0 aliphatic heterocycles. The standard InChI is InChI=1S/C40H26ClN/c41-37-17-7-11-28-22-36-34(40(28)37)16-8-18-38(36)42(29-20-19-27-21-25-9-1-4-13-31(25)35(27)24-29)39-23-26-10-2-3-12-30(26)32-14-5-6-15-33(32)39/h1-20,23-24H,21-22H2. The van der Waals surface area contributed by atoms with Crippen LogP contribution in [0.2, 0.25) is 5.02 Å². The smallest absolute Gasteiger partial charge is 0.0546 e. The van der Waals surface area contributed by atoms with E-state index in [2.05, 4.69) is 132 Å². The highest BCUT2D eigenvalue weighted by Gasteiger charge is 2.28. The van der Waals surface area contributed by atoms with Gasteiger partial charge in [-0.3, -0.25) is 0 Å². The van der Waals surface area contributed by atoms with Crippen molar-refractivity contribution in [1.29, 1.82) is 0 Å². The summed E-state index contributed by atoms with van der Waals surface area (Å²) in [4.78, 5) is 2.49. The Morgan fingerprint density at radius 1 is 0.476 bits per heavy atom. The lowest BCUT2D eigenvalue weighted by Gasteiger charge is -2.30. The first-order valence-corrected chi connectivity index (χ1v) is 14.9. The molecule has 0 aromatic heterocycles. The monoisotopic (exact) mass is 555 g/mol. The van der Waals surface area contributed by atoms with Crippen LogP contribution in [0.25, 0.3) is 43.8 Å². The summed E-state index contributed by atoms with van der Waals surface area (Å²) in [6, 6.07) is 48.8. The van der Waals surface area contributed by atoms with E-state index in [0.29, 0.717) is 0 Å². The molecule has 0 saturated carbocycles. The van der Waals surface area contributed by atoms with Gasteiger partial charge in [0.2, 0.25) is 0 Å². The van der Waals surface area contributed by atoms with E-state index >= 15 is 0 Å². The predicted octanol–water partition coefficient (Wildman–Crippen LogP) is 11.3. The van der Waals surface area contributed by atoms with Crippen LogP contribution >= 0.6 is 11.6 Å². The van der Waals surface area contributed by atoms with Crippen LogP contribution < -0.4 is 4.90 Å². The minimum absolute atomic E-state index is 0.820. The van der Waals surface area contributed by atoms with Gasteiger partial charge in [0.1, 0.15) is 0 Å². The molecule has 0 spiro atoms. The van der Waals surface area contributed by atoms with Crippen molar-refractivity contribution in [2.45, 2.75) is 12.8 Å². The third kappa shape index (κ3) is 3.44. The zero-order chi connectivity index (χ0) is 27.8. The summed E-state index contributed by atoms with van der Waals surface area (Å²) in [6.45, 7) is 0. The molecule has 2 aliphatic rings. The SMILES string of the molecule is Clc1cccc2c1-c1cccc(N(c3ccc4c(c3)-c3ccccc3C4)c3cc4ccccc4c4ccccc34)c1C2. The Bertz CT molecular complexity index is 2230. The predicted molar refractivity (Wildman–Crippen MR) is 178 cm³/mol. The van der Waals surface area contributed by atoms with Crippen LogP contribution in [0.4, 0.5) is 17.1 Å². The van der Waals surface area contributed by atoms with Crippen LogP contribution in [0.5, 0.6) is 0 Å². The minimum Gasteiger partial charge on any atom is -0.310 e. The van der Waals surface area contributed by atoms with E-state index in [0.717, 1.165) is 17.9 Å². The van der Waals surface area contributed by atoms with Crippen LogP contribution in [-0.2, 0) is 12.8 Å². The molecule has 0 amide bonds. The van der Waals surface area contributed by atoms with Crippen molar-refractivity contribution >= 4 is 50.2 Å². The average molecular weight is 556 g/mol. The quantitative estimate of drug-likeness (QED) is 0.196. The lowest BCUT2D eigenvalue weighted by atomic mass is 9.97. The van der Waals surface area contributed by atoms with Gasteiger partial charge in [-0.1, -0.05) is 115 Å². The number of hydrogen-bond donors (Lipinski definition) is 0. The van der Waals surface area contributed by atoms with Gasteiger partial charge in [0.25, 0.3) is 0 Å². The van der Waals surface area contributed by atoms with E-state index in [1.807, 2.05) is 6.07 Å². The van der Waals surface area contributed by atoms with Crippen molar-refractivity contribution in [3.05, 3.63) is 161 Å². The van der Waals surface area contributed by atoms with Gasteiger partial charge in [-0.25, -0.2) is 0 Å². The maximum atomic E-state index is 6.80. The van der Waals surface area contributed by atoms with E-state index < -0.39 is 0 Å². The highest BCUT2D eigenvalue weighted by molar-refractivity contribution is 6.33. The van der Waals surface area contributed by atoms with Gasteiger partial charge in [0.15, 0.2) is 0 Å². The first-order chi connectivity index (χ1) is 20.7. The molecular weight excluding hydrogens is 530 g/mol. The molecule has 0 heterocycles. The summed E-state index contributed by atoms with van der Waals surface area (Å²) in [5.41, 5.74) is 14.0. The molecule has 198 valence electrons. The molecule has 7 aromatic rings. The highest BCUT2D eigenvalue weighted by atomic mass is 35.5. The molecule has 1 nitrogen and oxygen atoms in total. The first kappa shape index (κ1) is 23.8. The number of anilines is 3. The van der Waals surface area contributed by atoms with Crippen LogP contribution in [0.3, 0.4) is 0 Å². The molecule has 0 radical (unpaired) electrons. The molecule has 0 N–H and O–H groups in total. The molecular formula is C40H26ClN. The third-order valence-electron chi connectivity index (χ3n) is 9.16. The van der Waals surface area contributed by atoms with Crippen LogP contribution in [0, 0.1) is 0 Å². The molecule has 0 atom stereocenters. The van der Waals surface area contributed by atoms with Crippen LogP contribution in [-0.4, -0.2) is 0 Å². The highest BCUT2D eigenvalue weighted by Crippen LogP contribution is 2.50. The Balaban J connectivity index is 1.35. The zero-order valence-electron chi connectivity index (χ0n) is 22.9. The van der Waals surface area contributed by atoms with Gasteiger partial charge >= 0.3 is 0 Å². The Labute approximate surface area is 250 Å². The molecule has 0 fully saturated rings. The summed E-state index contributed by atoms with van der Waals surface area (Å²) in [6.07, 6.45) is 1.84. The topological polar surface area (TPSA) is 3.24 Å². The zero-order valence-corrected chi connectivity index (χ0v) is 23.7. The summed E-state index contributed by atoms with van der Waals surface area (Å²) < 4.78 is 0. The molecule has 7 aromatic carbocycles. The second-order valence-electron chi connectivity index (χ2n) is 11.4.